The summed E-state index contributed by atoms with van der Waals surface area (Å²) in [6.07, 6.45) is 8.13. The van der Waals surface area contributed by atoms with Crippen LogP contribution < -0.4 is 0 Å². The van der Waals surface area contributed by atoms with Crippen molar-refractivity contribution in [1.82, 2.24) is 9.78 Å². The summed E-state index contributed by atoms with van der Waals surface area (Å²) in [5.41, 5.74) is 0.0626. The van der Waals surface area contributed by atoms with E-state index in [0.29, 0.717) is 6.04 Å². The van der Waals surface area contributed by atoms with Gasteiger partial charge in [0, 0.05) is 32.2 Å². The Hall–Kier alpha value is -0.870. The van der Waals surface area contributed by atoms with Crippen molar-refractivity contribution in [2.75, 3.05) is 19.8 Å². The predicted molar refractivity (Wildman–Crippen MR) is 59.2 cm³/mol. The molecule has 4 heteroatoms. The standard InChI is InChI=1S/C12H18N2O2/c1-5-13-14(6-1)11-2-7-16-12(10-11)3-8-15-9-4-12/h1,5-6,11H,2-4,7-10H2. The van der Waals surface area contributed by atoms with Gasteiger partial charge in [-0.15, -0.1) is 0 Å². The van der Waals surface area contributed by atoms with E-state index in [1.165, 1.54) is 0 Å². The molecule has 0 aromatic carbocycles. The van der Waals surface area contributed by atoms with Gasteiger partial charge in [-0.25, -0.2) is 0 Å². The largest absolute Gasteiger partial charge is 0.381 e. The van der Waals surface area contributed by atoms with Gasteiger partial charge in [0.05, 0.1) is 11.6 Å². The van der Waals surface area contributed by atoms with Crippen LogP contribution in [0.4, 0.5) is 0 Å². The molecule has 3 heterocycles. The van der Waals surface area contributed by atoms with Gasteiger partial charge >= 0.3 is 0 Å². The van der Waals surface area contributed by atoms with Crippen LogP contribution in [0.3, 0.4) is 0 Å². The Labute approximate surface area is 95.5 Å². The van der Waals surface area contributed by atoms with E-state index in [-0.39, 0.29) is 5.60 Å². The van der Waals surface area contributed by atoms with Gasteiger partial charge < -0.3 is 9.47 Å². The summed E-state index contributed by atoms with van der Waals surface area (Å²) in [6, 6.07) is 2.49. The fourth-order valence-corrected chi connectivity index (χ4v) is 2.82. The molecule has 2 aliphatic heterocycles. The van der Waals surface area contributed by atoms with Crippen LogP contribution in [0.5, 0.6) is 0 Å². The van der Waals surface area contributed by atoms with Crippen molar-refractivity contribution in [2.45, 2.75) is 37.3 Å². The smallest absolute Gasteiger partial charge is 0.0746 e. The summed E-state index contributed by atoms with van der Waals surface area (Å²) >= 11 is 0. The topological polar surface area (TPSA) is 36.3 Å². The molecule has 2 fully saturated rings. The molecule has 0 aliphatic carbocycles. The van der Waals surface area contributed by atoms with E-state index in [4.69, 9.17) is 9.47 Å². The maximum absolute atomic E-state index is 6.01. The van der Waals surface area contributed by atoms with Crippen molar-refractivity contribution in [3.05, 3.63) is 18.5 Å². The third-order valence-electron chi connectivity index (χ3n) is 3.77. The summed E-state index contributed by atoms with van der Waals surface area (Å²) in [5.74, 6) is 0. The quantitative estimate of drug-likeness (QED) is 0.726. The van der Waals surface area contributed by atoms with E-state index in [2.05, 4.69) is 16.0 Å². The van der Waals surface area contributed by atoms with Crippen LogP contribution in [-0.4, -0.2) is 35.2 Å². The zero-order valence-electron chi connectivity index (χ0n) is 9.47. The summed E-state index contributed by atoms with van der Waals surface area (Å²) in [6.45, 7) is 2.53. The Bertz CT molecular complexity index is 325. The van der Waals surface area contributed by atoms with Crippen molar-refractivity contribution in [1.29, 1.82) is 0 Å². The van der Waals surface area contributed by atoms with Crippen molar-refractivity contribution in [3.63, 3.8) is 0 Å². The number of rotatable bonds is 1. The third-order valence-corrected chi connectivity index (χ3v) is 3.77. The van der Waals surface area contributed by atoms with Crippen LogP contribution in [0.1, 0.15) is 31.7 Å². The fourth-order valence-electron chi connectivity index (χ4n) is 2.82. The normalized spacial score (nSPS) is 29.4. The number of hydrogen-bond acceptors (Lipinski definition) is 3. The summed E-state index contributed by atoms with van der Waals surface area (Å²) in [4.78, 5) is 0. The van der Waals surface area contributed by atoms with Gasteiger partial charge in [-0.2, -0.15) is 5.10 Å². The SMILES string of the molecule is c1cnn(C2CCOC3(CCOCC3)C2)c1. The minimum atomic E-state index is 0.0626. The number of aromatic nitrogens is 2. The average molecular weight is 222 g/mol. The Balaban J connectivity index is 1.74. The molecule has 0 amide bonds. The van der Waals surface area contributed by atoms with Crippen LogP contribution in [0, 0.1) is 0 Å². The number of hydrogen-bond donors (Lipinski definition) is 0. The molecule has 1 aromatic rings. The van der Waals surface area contributed by atoms with E-state index in [9.17, 15) is 0 Å². The minimum Gasteiger partial charge on any atom is -0.381 e. The first-order chi connectivity index (χ1) is 7.88. The van der Waals surface area contributed by atoms with Gasteiger partial charge in [0.25, 0.3) is 0 Å². The van der Waals surface area contributed by atoms with E-state index in [1.807, 2.05) is 12.3 Å². The molecule has 3 rings (SSSR count). The van der Waals surface area contributed by atoms with Crippen LogP contribution >= 0.6 is 0 Å². The van der Waals surface area contributed by atoms with Crippen molar-refractivity contribution < 1.29 is 9.47 Å². The van der Waals surface area contributed by atoms with Crippen LogP contribution in [0.25, 0.3) is 0 Å². The van der Waals surface area contributed by atoms with Crippen LogP contribution in [-0.2, 0) is 9.47 Å². The third kappa shape index (κ3) is 1.87. The molecule has 2 aliphatic rings. The highest BCUT2D eigenvalue weighted by Gasteiger charge is 2.39. The Kier molecular flexibility index (Phi) is 2.69. The lowest BCUT2D eigenvalue weighted by Gasteiger charge is -2.43. The lowest BCUT2D eigenvalue weighted by atomic mass is 9.84. The van der Waals surface area contributed by atoms with E-state index in [1.54, 1.807) is 0 Å². The molecule has 4 nitrogen and oxygen atoms in total. The van der Waals surface area contributed by atoms with Crippen molar-refractivity contribution in [2.24, 2.45) is 0 Å². The molecule has 2 saturated heterocycles. The van der Waals surface area contributed by atoms with E-state index < -0.39 is 0 Å². The highest BCUT2D eigenvalue weighted by molar-refractivity contribution is 4.92. The summed E-state index contributed by atoms with van der Waals surface area (Å²) < 4.78 is 13.5. The molecule has 16 heavy (non-hydrogen) atoms. The average Bonchev–Trinajstić information content (AvgIpc) is 2.83. The Morgan fingerprint density at radius 1 is 1.25 bits per heavy atom. The molecule has 1 unspecified atom stereocenters. The minimum absolute atomic E-state index is 0.0626. The zero-order chi connectivity index (χ0) is 10.8. The van der Waals surface area contributed by atoms with Crippen molar-refractivity contribution >= 4 is 0 Å². The van der Waals surface area contributed by atoms with E-state index in [0.717, 1.165) is 45.5 Å². The van der Waals surface area contributed by atoms with Crippen LogP contribution in [0.2, 0.25) is 0 Å². The molecule has 0 bridgehead atoms. The van der Waals surface area contributed by atoms with Gasteiger partial charge in [-0.1, -0.05) is 0 Å². The van der Waals surface area contributed by atoms with Crippen LogP contribution in [0.15, 0.2) is 18.5 Å². The second-order valence-corrected chi connectivity index (χ2v) is 4.78. The first kappa shape index (κ1) is 10.3. The second kappa shape index (κ2) is 4.18. The predicted octanol–water partition coefficient (Wildman–Crippen LogP) is 1.78. The number of ether oxygens (including phenoxy) is 2. The first-order valence-electron chi connectivity index (χ1n) is 6.09. The Morgan fingerprint density at radius 2 is 2.12 bits per heavy atom. The highest BCUT2D eigenvalue weighted by Crippen LogP contribution is 2.38. The van der Waals surface area contributed by atoms with Gasteiger partial charge in [0.2, 0.25) is 0 Å². The van der Waals surface area contributed by atoms with Gasteiger partial charge in [0.1, 0.15) is 0 Å². The zero-order valence-corrected chi connectivity index (χ0v) is 9.47. The maximum Gasteiger partial charge on any atom is 0.0746 e. The molecular weight excluding hydrogens is 204 g/mol. The number of nitrogens with zero attached hydrogens (tertiary/aromatic N) is 2. The van der Waals surface area contributed by atoms with Crippen molar-refractivity contribution in [3.8, 4) is 0 Å². The molecule has 1 aromatic heterocycles. The van der Waals surface area contributed by atoms with Gasteiger partial charge in [-0.05, 0) is 31.7 Å². The van der Waals surface area contributed by atoms with Gasteiger partial charge in [-0.3, -0.25) is 4.68 Å². The van der Waals surface area contributed by atoms with Gasteiger partial charge in [0.15, 0.2) is 0 Å². The molecular formula is C12H18N2O2. The first-order valence-corrected chi connectivity index (χ1v) is 6.09. The molecule has 0 saturated carbocycles. The monoisotopic (exact) mass is 222 g/mol. The fraction of sp³-hybridized carbons (Fsp3) is 0.750. The molecule has 1 atom stereocenters. The summed E-state index contributed by atoms with van der Waals surface area (Å²) in [5, 5.41) is 4.35. The molecule has 0 N–H and O–H groups in total. The molecule has 0 radical (unpaired) electrons. The lowest BCUT2D eigenvalue weighted by Crippen LogP contribution is -2.44. The van der Waals surface area contributed by atoms with E-state index >= 15 is 0 Å². The molecule has 1 spiro atoms. The highest BCUT2D eigenvalue weighted by atomic mass is 16.5. The Morgan fingerprint density at radius 3 is 2.88 bits per heavy atom. The maximum atomic E-state index is 6.01. The molecule has 88 valence electrons. The summed E-state index contributed by atoms with van der Waals surface area (Å²) in [7, 11) is 0. The lowest BCUT2D eigenvalue weighted by molar-refractivity contribution is -0.145. The second-order valence-electron chi connectivity index (χ2n) is 4.78.